The van der Waals surface area contributed by atoms with Crippen molar-refractivity contribution in [1.82, 2.24) is 9.55 Å². The first-order chi connectivity index (χ1) is 7.03. The van der Waals surface area contributed by atoms with Crippen molar-refractivity contribution >= 4 is 22.5 Å². The van der Waals surface area contributed by atoms with E-state index in [4.69, 9.17) is 4.55 Å². The van der Waals surface area contributed by atoms with E-state index in [9.17, 15) is 8.42 Å². The summed E-state index contributed by atoms with van der Waals surface area (Å²) >= 11 is 0. The van der Waals surface area contributed by atoms with Gasteiger partial charge in [0, 0.05) is 18.4 Å². The predicted molar refractivity (Wildman–Crippen MR) is 64.4 cm³/mol. The number of hydrogen-bond acceptors (Lipinski definition) is 3. The molecule has 0 fully saturated rings. The van der Waals surface area contributed by atoms with E-state index in [0.717, 1.165) is 0 Å². The Morgan fingerprint density at radius 1 is 1.56 bits per heavy atom. The Hall–Kier alpha value is -0.850. The average molecular weight is 267 g/mol. The van der Waals surface area contributed by atoms with Crippen molar-refractivity contribution in [3.05, 3.63) is 31.4 Å². The van der Waals surface area contributed by atoms with Gasteiger partial charge in [0.05, 0.1) is 12.1 Å². The van der Waals surface area contributed by atoms with Gasteiger partial charge in [0.25, 0.3) is 10.1 Å². The van der Waals surface area contributed by atoms with Gasteiger partial charge >= 0.3 is 0 Å². The zero-order chi connectivity index (χ0) is 11.3. The number of aromatic nitrogens is 2. The maximum Gasteiger partial charge on any atom is 0.264 e. The number of imidazole rings is 1. The van der Waals surface area contributed by atoms with Gasteiger partial charge < -0.3 is 4.57 Å². The molecule has 0 radical (unpaired) electrons. The Kier molecular flexibility index (Phi) is 6.32. The Morgan fingerprint density at radius 3 is 2.69 bits per heavy atom. The van der Waals surface area contributed by atoms with Gasteiger partial charge in [-0.05, 0) is 12.8 Å². The van der Waals surface area contributed by atoms with E-state index in [2.05, 4.69) is 11.6 Å². The van der Waals surface area contributed by atoms with Crippen LogP contribution in [-0.4, -0.2) is 28.3 Å². The summed E-state index contributed by atoms with van der Waals surface area (Å²) in [5, 5.41) is 0. The molecule has 16 heavy (non-hydrogen) atoms. The molecule has 1 unspecified atom stereocenters. The first kappa shape index (κ1) is 15.2. The highest BCUT2D eigenvalue weighted by Gasteiger charge is 2.13. The molecule has 1 N–H and O–H groups in total. The van der Waals surface area contributed by atoms with E-state index in [1.54, 1.807) is 24.8 Å². The van der Waals surface area contributed by atoms with Crippen LogP contribution in [0.5, 0.6) is 0 Å². The quantitative estimate of drug-likeness (QED) is 0.628. The van der Waals surface area contributed by atoms with Crippen LogP contribution in [0.15, 0.2) is 31.4 Å². The number of allylic oxidation sites excluding steroid dienone is 1. The molecule has 0 spiro atoms. The Bertz CT molecular complexity index is 402. The number of hydrogen-bond donors (Lipinski definition) is 1. The Morgan fingerprint density at radius 2 is 2.25 bits per heavy atom. The van der Waals surface area contributed by atoms with Crippen LogP contribution in [0.1, 0.15) is 18.9 Å². The maximum absolute atomic E-state index is 10.6. The summed E-state index contributed by atoms with van der Waals surface area (Å²) in [4.78, 5) is 3.89. The van der Waals surface area contributed by atoms with Gasteiger partial charge in [0.2, 0.25) is 0 Å². The maximum atomic E-state index is 10.6. The molecular formula is C9H15ClN2O3S. The molecule has 0 aromatic carbocycles. The lowest BCUT2D eigenvalue weighted by Crippen LogP contribution is -2.13. The fourth-order valence-corrected chi connectivity index (χ4v) is 1.92. The van der Waals surface area contributed by atoms with Crippen molar-refractivity contribution in [3.8, 4) is 0 Å². The van der Waals surface area contributed by atoms with Gasteiger partial charge in [0.15, 0.2) is 0 Å². The zero-order valence-electron chi connectivity index (χ0n) is 8.69. The van der Waals surface area contributed by atoms with Crippen molar-refractivity contribution < 1.29 is 13.0 Å². The molecule has 0 saturated carbocycles. The second-order valence-corrected chi connectivity index (χ2v) is 4.83. The van der Waals surface area contributed by atoms with Gasteiger partial charge in [-0.25, -0.2) is 4.98 Å². The summed E-state index contributed by atoms with van der Waals surface area (Å²) < 4.78 is 31.7. The fourth-order valence-electron chi connectivity index (χ4n) is 1.35. The van der Waals surface area contributed by atoms with Crippen LogP contribution < -0.4 is 0 Å². The summed E-state index contributed by atoms with van der Waals surface area (Å²) in [6, 6.07) is -0.0214. The molecule has 1 atom stereocenters. The highest BCUT2D eigenvalue weighted by Crippen LogP contribution is 2.16. The average Bonchev–Trinajstić information content (AvgIpc) is 2.63. The van der Waals surface area contributed by atoms with E-state index >= 15 is 0 Å². The van der Waals surface area contributed by atoms with Crippen molar-refractivity contribution in [1.29, 1.82) is 0 Å². The second kappa shape index (κ2) is 6.67. The van der Waals surface area contributed by atoms with Crippen molar-refractivity contribution in [3.63, 3.8) is 0 Å². The summed E-state index contributed by atoms with van der Waals surface area (Å²) in [5.74, 6) is -0.246. The van der Waals surface area contributed by atoms with Gasteiger partial charge in [-0.2, -0.15) is 8.42 Å². The monoisotopic (exact) mass is 266 g/mol. The van der Waals surface area contributed by atoms with Crippen LogP contribution in [0.25, 0.3) is 0 Å². The van der Waals surface area contributed by atoms with Crippen molar-refractivity contribution in [2.45, 2.75) is 18.9 Å². The van der Waals surface area contributed by atoms with Crippen molar-refractivity contribution in [2.75, 3.05) is 5.75 Å². The summed E-state index contributed by atoms with van der Waals surface area (Å²) in [5.41, 5.74) is 0. The van der Waals surface area contributed by atoms with E-state index in [-0.39, 0.29) is 24.2 Å². The van der Waals surface area contributed by atoms with Crippen LogP contribution in [0.3, 0.4) is 0 Å². The molecular weight excluding hydrogens is 252 g/mol. The van der Waals surface area contributed by atoms with Gasteiger partial charge in [-0.15, -0.1) is 19.0 Å². The molecule has 7 heteroatoms. The minimum Gasteiger partial charge on any atom is -0.334 e. The van der Waals surface area contributed by atoms with Crippen LogP contribution in [0, 0.1) is 0 Å². The molecule has 1 aromatic rings. The third-order valence-corrected chi connectivity index (χ3v) is 2.85. The minimum absolute atomic E-state index is 0. The summed E-state index contributed by atoms with van der Waals surface area (Å²) in [6.07, 6.45) is 7.72. The van der Waals surface area contributed by atoms with E-state index in [0.29, 0.717) is 12.8 Å². The smallest absolute Gasteiger partial charge is 0.264 e. The molecule has 0 aliphatic rings. The van der Waals surface area contributed by atoms with E-state index in [1.165, 1.54) is 0 Å². The van der Waals surface area contributed by atoms with E-state index in [1.807, 2.05) is 4.57 Å². The minimum atomic E-state index is -3.90. The molecule has 0 amide bonds. The summed E-state index contributed by atoms with van der Waals surface area (Å²) in [6.45, 7) is 3.61. The summed E-state index contributed by atoms with van der Waals surface area (Å²) in [7, 11) is -3.90. The lowest BCUT2D eigenvalue weighted by molar-refractivity contribution is 0.454. The fraction of sp³-hybridized carbons (Fsp3) is 0.444. The number of nitrogens with zero attached hydrogens (tertiary/aromatic N) is 2. The van der Waals surface area contributed by atoms with Crippen molar-refractivity contribution in [2.24, 2.45) is 0 Å². The molecule has 0 bridgehead atoms. The number of halogens is 1. The van der Waals surface area contributed by atoms with Gasteiger partial charge in [0.1, 0.15) is 0 Å². The van der Waals surface area contributed by atoms with Crippen LogP contribution in [0.2, 0.25) is 0 Å². The molecule has 1 aromatic heterocycles. The molecule has 1 heterocycles. The highest BCUT2D eigenvalue weighted by molar-refractivity contribution is 7.85. The van der Waals surface area contributed by atoms with Crippen LogP contribution >= 0.6 is 12.4 Å². The van der Waals surface area contributed by atoms with E-state index < -0.39 is 10.1 Å². The third kappa shape index (κ3) is 5.29. The van der Waals surface area contributed by atoms with Gasteiger partial charge in [-0.3, -0.25) is 4.55 Å². The van der Waals surface area contributed by atoms with Gasteiger partial charge in [-0.1, -0.05) is 6.08 Å². The first-order valence-corrected chi connectivity index (χ1v) is 6.17. The molecule has 92 valence electrons. The SMILES string of the molecule is C=CCC(CCS(=O)(=O)O)n1ccnc1.Cl. The molecule has 0 saturated heterocycles. The normalized spacial score (nSPS) is 12.8. The lowest BCUT2D eigenvalue weighted by Gasteiger charge is -2.15. The molecule has 0 aliphatic heterocycles. The third-order valence-electron chi connectivity index (χ3n) is 2.09. The highest BCUT2D eigenvalue weighted by atomic mass is 35.5. The van der Waals surface area contributed by atoms with Crippen LogP contribution in [0.4, 0.5) is 0 Å². The molecule has 5 nitrogen and oxygen atoms in total. The van der Waals surface area contributed by atoms with Crippen LogP contribution in [-0.2, 0) is 10.1 Å². The first-order valence-electron chi connectivity index (χ1n) is 4.56. The largest absolute Gasteiger partial charge is 0.334 e. The second-order valence-electron chi connectivity index (χ2n) is 3.26. The number of rotatable bonds is 6. The Labute approximate surface area is 101 Å². The Balaban J connectivity index is 0.00000225. The topological polar surface area (TPSA) is 72.2 Å². The molecule has 1 rings (SSSR count). The predicted octanol–water partition coefficient (Wildman–Crippen LogP) is 1.70. The molecule has 0 aliphatic carbocycles. The lowest BCUT2D eigenvalue weighted by atomic mass is 10.1. The zero-order valence-corrected chi connectivity index (χ0v) is 10.3. The standard InChI is InChI=1S/C9H14N2O3S.ClH/c1-2-3-9(4-7-15(12,13)14)11-6-5-10-8-11;/h2,5-6,8-9H,1,3-4,7H2,(H,12,13,14);1H.